The van der Waals surface area contributed by atoms with Gasteiger partial charge in [-0.05, 0) is 37.6 Å². The molecule has 0 spiro atoms. The van der Waals surface area contributed by atoms with Gasteiger partial charge in [0, 0.05) is 13.1 Å². The maximum absolute atomic E-state index is 11.6. The molecule has 0 bridgehead atoms. The van der Waals surface area contributed by atoms with Crippen LogP contribution in [0.15, 0.2) is 24.3 Å². The number of urea groups is 1. The van der Waals surface area contributed by atoms with Crippen LogP contribution in [0.3, 0.4) is 0 Å². The Labute approximate surface area is 146 Å². The number of esters is 1. The fraction of sp³-hybridized carbons (Fsp3) is 0.353. The predicted molar refractivity (Wildman–Crippen MR) is 91.3 cm³/mol. The molecule has 0 atom stereocenters. The lowest BCUT2D eigenvalue weighted by Gasteiger charge is -2.13. The van der Waals surface area contributed by atoms with E-state index in [4.69, 9.17) is 14.2 Å². The molecule has 0 aromatic heterocycles. The van der Waals surface area contributed by atoms with E-state index in [1.54, 1.807) is 18.2 Å². The van der Waals surface area contributed by atoms with Gasteiger partial charge in [0.2, 0.25) is 0 Å². The van der Waals surface area contributed by atoms with Crippen LogP contribution in [0.5, 0.6) is 11.5 Å². The fourth-order valence-electron chi connectivity index (χ4n) is 1.71. The van der Waals surface area contributed by atoms with Crippen LogP contribution in [-0.4, -0.2) is 44.8 Å². The van der Waals surface area contributed by atoms with E-state index in [0.717, 1.165) is 0 Å². The molecule has 0 heterocycles. The lowest BCUT2D eigenvalue weighted by molar-refractivity contribution is -0.143. The first-order valence-electron chi connectivity index (χ1n) is 7.56. The molecule has 0 unspecified atom stereocenters. The topological polar surface area (TPSA) is 103 Å². The first kappa shape index (κ1) is 20.0. The maximum atomic E-state index is 11.6. The van der Waals surface area contributed by atoms with E-state index in [1.807, 2.05) is 19.2 Å². The van der Waals surface area contributed by atoms with Crippen LogP contribution >= 0.6 is 0 Å². The summed E-state index contributed by atoms with van der Waals surface area (Å²) in [6, 6.07) is 4.52. The van der Waals surface area contributed by atoms with Crippen molar-refractivity contribution < 1.29 is 28.6 Å². The molecule has 0 aliphatic rings. The molecular weight excluding hydrogens is 328 g/mol. The lowest BCUT2D eigenvalue weighted by Crippen LogP contribution is -2.39. The zero-order valence-electron chi connectivity index (χ0n) is 14.6. The number of amides is 3. The first-order chi connectivity index (χ1) is 11.8. The standard InChI is InChI=1S/C17H22N2O6/c1-11(2)25-13-7-5-12(9-14(13)23-4)6-8-16(21)24-10-15(20)19-17(22)18-3/h5-9,11H,10H2,1-4H3,(H2,18,19,20,22)/b8-6+. The number of benzene rings is 1. The summed E-state index contributed by atoms with van der Waals surface area (Å²) in [6.07, 6.45) is 2.69. The Kier molecular flexibility index (Phi) is 7.98. The van der Waals surface area contributed by atoms with Crippen molar-refractivity contribution in [1.82, 2.24) is 10.6 Å². The molecule has 0 radical (unpaired) electrons. The Morgan fingerprint density at radius 1 is 1.20 bits per heavy atom. The van der Waals surface area contributed by atoms with Gasteiger partial charge in [-0.2, -0.15) is 0 Å². The molecule has 1 rings (SSSR count). The highest BCUT2D eigenvalue weighted by atomic mass is 16.5. The second-order valence-electron chi connectivity index (χ2n) is 5.15. The number of rotatable bonds is 7. The predicted octanol–water partition coefficient (Wildman–Crippen LogP) is 1.49. The SMILES string of the molecule is CNC(=O)NC(=O)COC(=O)/C=C/c1ccc(OC(C)C)c(OC)c1. The molecule has 0 saturated carbocycles. The van der Waals surface area contributed by atoms with E-state index in [0.29, 0.717) is 17.1 Å². The molecule has 136 valence electrons. The van der Waals surface area contributed by atoms with Gasteiger partial charge in [-0.25, -0.2) is 9.59 Å². The number of carbonyl (C=O) groups excluding carboxylic acids is 3. The number of carbonyl (C=O) groups is 3. The minimum Gasteiger partial charge on any atom is -0.493 e. The number of methoxy groups -OCH3 is 1. The summed E-state index contributed by atoms with van der Waals surface area (Å²) < 4.78 is 15.6. The van der Waals surface area contributed by atoms with Gasteiger partial charge in [0.05, 0.1) is 13.2 Å². The number of hydrogen-bond acceptors (Lipinski definition) is 6. The highest BCUT2D eigenvalue weighted by molar-refractivity contribution is 5.96. The second kappa shape index (κ2) is 9.96. The van der Waals surface area contributed by atoms with Crippen LogP contribution in [0, 0.1) is 0 Å². The van der Waals surface area contributed by atoms with Crippen LogP contribution in [0.2, 0.25) is 0 Å². The van der Waals surface area contributed by atoms with Crippen molar-refractivity contribution in [2.24, 2.45) is 0 Å². The Morgan fingerprint density at radius 2 is 1.92 bits per heavy atom. The lowest BCUT2D eigenvalue weighted by atomic mass is 10.2. The quantitative estimate of drug-likeness (QED) is 0.570. The highest BCUT2D eigenvalue weighted by Gasteiger charge is 2.09. The maximum Gasteiger partial charge on any atom is 0.331 e. The highest BCUT2D eigenvalue weighted by Crippen LogP contribution is 2.29. The normalized spacial score (nSPS) is 10.4. The number of imide groups is 1. The van der Waals surface area contributed by atoms with E-state index >= 15 is 0 Å². The van der Waals surface area contributed by atoms with Gasteiger partial charge >= 0.3 is 12.0 Å². The Bertz CT molecular complexity index is 655. The molecule has 3 amide bonds. The third-order valence-corrected chi connectivity index (χ3v) is 2.79. The third kappa shape index (κ3) is 7.38. The van der Waals surface area contributed by atoms with Crippen molar-refractivity contribution in [3.8, 4) is 11.5 Å². The zero-order chi connectivity index (χ0) is 18.8. The van der Waals surface area contributed by atoms with Gasteiger partial charge in [0.1, 0.15) is 0 Å². The van der Waals surface area contributed by atoms with Gasteiger partial charge in [-0.3, -0.25) is 10.1 Å². The minimum atomic E-state index is -0.724. The van der Waals surface area contributed by atoms with Crippen molar-refractivity contribution in [3.63, 3.8) is 0 Å². The minimum absolute atomic E-state index is 0.00575. The van der Waals surface area contributed by atoms with Gasteiger partial charge < -0.3 is 19.5 Å². The smallest absolute Gasteiger partial charge is 0.331 e. The molecule has 0 aliphatic heterocycles. The Balaban J connectivity index is 2.61. The number of ether oxygens (including phenoxy) is 3. The van der Waals surface area contributed by atoms with Crippen molar-refractivity contribution in [2.75, 3.05) is 20.8 Å². The molecule has 8 nitrogen and oxygen atoms in total. The number of nitrogens with one attached hydrogen (secondary N) is 2. The molecular formula is C17H22N2O6. The summed E-state index contributed by atoms with van der Waals surface area (Å²) in [6.45, 7) is 3.26. The van der Waals surface area contributed by atoms with Gasteiger partial charge in [-0.1, -0.05) is 6.07 Å². The summed E-state index contributed by atoms with van der Waals surface area (Å²) in [5, 5.41) is 4.18. The molecule has 0 fully saturated rings. The average Bonchev–Trinajstić information content (AvgIpc) is 2.58. The van der Waals surface area contributed by atoms with Crippen molar-refractivity contribution in [1.29, 1.82) is 0 Å². The van der Waals surface area contributed by atoms with Crippen LogP contribution in [-0.2, 0) is 14.3 Å². The average molecular weight is 350 g/mol. The summed E-state index contributed by atoms with van der Waals surface area (Å²) in [5.74, 6) is -0.302. The Morgan fingerprint density at radius 3 is 2.52 bits per heavy atom. The summed E-state index contributed by atoms with van der Waals surface area (Å²) in [4.78, 5) is 33.8. The van der Waals surface area contributed by atoms with Crippen molar-refractivity contribution in [3.05, 3.63) is 29.8 Å². The van der Waals surface area contributed by atoms with Crippen LogP contribution in [0.4, 0.5) is 4.79 Å². The monoisotopic (exact) mass is 350 g/mol. The van der Waals surface area contributed by atoms with E-state index in [9.17, 15) is 14.4 Å². The summed E-state index contributed by atoms with van der Waals surface area (Å²) in [7, 11) is 2.89. The second-order valence-corrected chi connectivity index (χ2v) is 5.15. The van der Waals surface area contributed by atoms with Crippen LogP contribution in [0.1, 0.15) is 19.4 Å². The van der Waals surface area contributed by atoms with E-state index < -0.39 is 24.5 Å². The molecule has 25 heavy (non-hydrogen) atoms. The zero-order valence-corrected chi connectivity index (χ0v) is 14.6. The third-order valence-electron chi connectivity index (χ3n) is 2.79. The molecule has 8 heteroatoms. The van der Waals surface area contributed by atoms with Gasteiger partial charge in [0.15, 0.2) is 18.1 Å². The fourth-order valence-corrected chi connectivity index (χ4v) is 1.71. The first-order valence-corrected chi connectivity index (χ1v) is 7.56. The molecule has 0 aliphatic carbocycles. The van der Waals surface area contributed by atoms with E-state index in [1.165, 1.54) is 26.3 Å². The molecule has 0 saturated heterocycles. The van der Waals surface area contributed by atoms with Crippen LogP contribution in [0.25, 0.3) is 6.08 Å². The van der Waals surface area contributed by atoms with Crippen molar-refractivity contribution in [2.45, 2.75) is 20.0 Å². The largest absolute Gasteiger partial charge is 0.493 e. The van der Waals surface area contributed by atoms with Gasteiger partial charge in [-0.15, -0.1) is 0 Å². The summed E-state index contributed by atoms with van der Waals surface area (Å²) in [5.41, 5.74) is 0.694. The molecule has 1 aromatic carbocycles. The van der Waals surface area contributed by atoms with Crippen molar-refractivity contribution >= 4 is 24.0 Å². The molecule has 1 aromatic rings. The number of hydrogen-bond donors (Lipinski definition) is 2. The van der Waals surface area contributed by atoms with Crippen LogP contribution < -0.4 is 20.1 Å². The van der Waals surface area contributed by atoms with E-state index in [-0.39, 0.29) is 6.10 Å². The Hall–Kier alpha value is -3.03. The molecule has 2 N–H and O–H groups in total. The van der Waals surface area contributed by atoms with E-state index in [2.05, 4.69) is 5.32 Å². The van der Waals surface area contributed by atoms with Gasteiger partial charge in [0.25, 0.3) is 5.91 Å². The summed E-state index contributed by atoms with van der Waals surface area (Å²) >= 11 is 0.